The summed E-state index contributed by atoms with van der Waals surface area (Å²) in [5.74, 6) is -49.1. The van der Waals surface area contributed by atoms with Crippen molar-refractivity contribution in [3.63, 3.8) is 0 Å². The van der Waals surface area contributed by atoms with Gasteiger partial charge in [0.1, 0.15) is 11.7 Å². The fourth-order valence-corrected chi connectivity index (χ4v) is 3.10. The van der Waals surface area contributed by atoms with Gasteiger partial charge in [0, 0.05) is 6.42 Å². The van der Waals surface area contributed by atoms with Gasteiger partial charge in [-0.05, 0) is 27.1 Å². The molecule has 0 heterocycles. The van der Waals surface area contributed by atoms with Crippen LogP contribution >= 0.6 is 0 Å². The Kier molecular flexibility index (Phi) is 13.8. The number of nitrogens with zero attached hydrogens (tertiary/aromatic N) is 1. The lowest BCUT2D eigenvalue weighted by Crippen LogP contribution is -2.61. The Bertz CT molecular complexity index is 1050. The van der Waals surface area contributed by atoms with Crippen LogP contribution in [-0.2, 0) is 23.9 Å². The number of halogens is 18. The molecule has 0 radical (unpaired) electrons. The molecule has 0 bridgehead atoms. The number of Topliss-reactive ketones (excluding diaryl/α,β-unsaturated/α-hetero) is 1. The standard InChI is InChI=1S/C22H23F18NO5/c1-41(2)7-3-4-12(42)11(14(44)46-9-6-16(25,26)18(29,30)20(33,34)22(38,39)40)10-13(43)45-8-5-15(23,24)17(27,28)19(31,32)21(35,36)37/h11H,3-10H2,1-2H3. The Balaban J connectivity index is 5.69. The zero-order chi connectivity index (χ0) is 37.0. The highest BCUT2D eigenvalue weighted by Gasteiger charge is 2.82. The van der Waals surface area contributed by atoms with E-state index in [9.17, 15) is 93.4 Å². The SMILES string of the molecule is CN(C)CCCC(=O)C(CC(=O)OCCC(F)(F)C(F)(F)C(F)(F)C(F)(F)F)C(=O)OCCC(F)(F)C(F)(F)C(F)(F)C(F)(F)F. The molecule has 0 rings (SSSR count). The van der Waals surface area contributed by atoms with Crippen molar-refractivity contribution in [3.05, 3.63) is 0 Å². The van der Waals surface area contributed by atoms with Gasteiger partial charge in [-0.2, -0.15) is 79.0 Å². The molecule has 0 aromatic carbocycles. The molecule has 0 spiro atoms. The number of ketones is 1. The third-order valence-electron chi connectivity index (χ3n) is 5.83. The predicted octanol–water partition coefficient (Wildman–Crippen LogP) is 6.71. The summed E-state index contributed by atoms with van der Waals surface area (Å²) < 4.78 is 241. The van der Waals surface area contributed by atoms with E-state index in [1.54, 1.807) is 0 Å². The van der Waals surface area contributed by atoms with Crippen LogP contribution in [0.1, 0.15) is 32.1 Å². The Morgan fingerprint density at radius 3 is 1.30 bits per heavy atom. The molecule has 0 saturated heterocycles. The van der Waals surface area contributed by atoms with Gasteiger partial charge in [0.2, 0.25) is 0 Å². The molecule has 0 aliphatic carbocycles. The normalized spacial score (nSPS) is 15.2. The van der Waals surface area contributed by atoms with Crippen LogP contribution < -0.4 is 0 Å². The number of rotatable bonds is 18. The number of carbonyl (C=O) groups is 3. The summed E-state index contributed by atoms with van der Waals surface area (Å²) in [5, 5.41) is 0. The first-order valence-electron chi connectivity index (χ1n) is 12.1. The van der Waals surface area contributed by atoms with Crippen molar-refractivity contribution < 1.29 is 103 Å². The Hall–Kier alpha value is -2.69. The summed E-state index contributed by atoms with van der Waals surface area (Å²) in [6, 6.07) is 0. The molecule has 0 N–H and O–H groups in total. The summed E-state index contributed by atoms with van der Waals surface area (Å²) in [7, 11) is 2.94. The average Bonchev–Trinajstić information content (AvgIpc) is 2.84. The van der Waals surface area contributed by atoms with E-state index in [2.05, 4.69) is 9.47 Å². The molecule has 0 amide bonds. The van der Waals surface area contributed by atoms with E-state index in [1.807, 2.05) is 0 Å². The summed E-state index contributed by atoms with van der Waals surface area (Å²) in [6.07, 6.45) is -22.2. The molecule has 0 fully saturated rings. The van der Waals surface area contributed by atoms with Gasteiger partial charge in [0.25, 0.3) is 0 Å². The van der Waals surface area contributed by atoms with Gasteiger partial charge >= 0.3 is 59.8 Å². The third-order valence-corrected chi connectivity index (χ3v) is 5.83. The number of esters is 2. The van der Waals surface area contributed by atoms with Gasteiger partial charge in [-0.1, -0.05) is 0 Å². The lowest BCUT2D eigenvalue weighted by atomic mass is 9.96. The monoisotopic (exact) mass is 723 g/mol. The average molecular weight is 723 g/mol. The summed E-state index contributed by atoms with van der Waals surface area (Å²) in [6.45, 7) is -4.04. The van der Waals surface area contributed by atoms with Crippen molar-refractivity contribution in [3.8, 4) is 0 Å². The van der Waals surface area contributed by atoms with E-state index in [-0.39, 0.29) is 13.0 Å². The van der Waals surface area contributed by atoms with Crippen LogP contribution in [0.3, 0.4) is 0 Å². The van der Waals surface area contributed by atoms with Gasteiger partial charge in [0.05, 0.1) is 32.5 Å². The molecule has 272 valence electrons. The second-order valence-electron chi connectivity index (χ2n) is 9.72. The topological polar surface area (TPSA) is 72.9 Å². The first-order valence-corrected chi connectivity index (χ1v) is 12.1. The van der Waals surface area contributed by atoms with E-state index < -0.39 is 110 Å². The predicted molar refractivity (Wildman–Crippen MR) is 114 cm³/mol. The Morgan fingerprint density at radius 1 is 0.587 bits per heavy atom. The zero-order valence-corrected chi connectivity index (χ0v) is 23.0. The number of hydrogen-bond donors (Lipinski definition) is 0. The molecule has 46 heavy (non-hydrogen) atoms. The van der Waals surface area contributed by atoms with Crippen LogP contribution in [0.2, 0.25) is 0 Å². The Morgan fingerprint density at radius 2 is 0.957 bits per heavy atom. The van der Waals surface area contributed by atoms with E-state index >= 15 is 0 Å². The van der Waals surface area contributed by atoms with Gasteiger partial charge in [-0.3, -0.25) is 14.4 Å². The van der Waals surface area contributed by atoms with Crippen LogP contribution in [0.5, 0.6) is 0 Å². The maximum absolute atomic E-state index is 13.7. The lowest BCUT2D eigenvalue weighted by Gasteiger charge is -2.33. The number of ether oxygens (including phenoxy) is 2. The molecule has 1 unspecified atom stereocenters. The van der Waals surface area contributed by atoms with Crippen molar-refractivity contribution in [1.82, 2.24) is 4.90 Å². The van der Waals surface area contributed by atoms with Crippen LogP contribution in [0.4, 0.5) is 79.0 Å². The molecule has 24 heteroatoms. The first-order chi connectivity index (χ1) is 20.2. The second-order valence-corrected chi connectivity index (χ2v) is 9.72. The van der Waals surface area contributed by atoms with E-state index in [1.165, 1.54) is 19.0 Å². The quantitative estimate of drug-likeness (QED) is 0.0891. The van der Waals surface area contributed by atoms with Crippen LogP contribution in [0.15, 0.2) is 0 Å². The third kappa shape index (κ3) is 9.67. The fraction of sp³-hybridized carbons (Fsp3) is 0.864. The second kappa shape index (κ2) is 14.6. The molecule has 1 atom stereocenters. The number of carbonyl (C=O) groups excluding carboxylic acids is 3. The minimum Gasteiger partial charge on any atom is -0.465 e. The summed E-state index contributed by atoms with van der Waals surface area (Å²) >= 11 is 0. The minimum atomic E-state index is -7.29. The van der Waals surface area contributed by atoms with Crippen LogP contribution in [0, 0.1) is 5.92 Å². The van der Waals surface area contributed by atoms with Crippen molar-refractivity contribution in [1.29, 1.82) is 0 Å². The number of alkyl halides is 18. The molecular weight excluding hydrogens is 700 g/mol. The van der Waals surface area contributed by atoms with Gasteiger partial charge < -0.3 is 14.4 Å². The van der Waals surface area contributed by atoms with Crippen molar-refractivity contribution in [2.24, 2.45) is 5.92 Å². The van der Waals surface area contributed by atoms with E-state index in [4.69, 9.17) is 0 Å². The first kappa shape index (κ1) is 43.3. The van der Waals surface area contributed by atoms with Crippen molar-refractivity contribution in [2.75, 3.05) is 33.9 Å². The highest BCUT2D eigenvalue weighted by Crippen LogP contribution is 2.55. The molecule has 0 saturated carbocycles. The largest absolute Gasteiger partial charge is 0.465 e. The zero-order valence-electron chi connectivity index (χ0n) is 23.0. The maximum Gasteiger partial charge on any atom is 0.460 e. The minimum absolute atomic E-state index is 0.0819. The van der Waals surface area contributed by atoms with Gasteiger partial charge in [-0.15, -0.1) is 0 Å². The summed E-state index contributed by atoms with van der Waals surface area (Å²) in [4.78, 5) is 38.0. The van der Waals surface area contributed by atoms with Gasteiger partial charge in [0.15, 0.2) is 0 Å². The fourth-order valence-electron chi connectivity index (χ4n) is 3.10. The molecule has 0 aliphatic heterocycles. The molecule has 0 aromatic rings. The maximum atomic E-state index is 13.7. The van der Waals surface area contributed by atoms with E-state index in [0.29, 0.717) is 0 Å². The highest BCUT2D eigenvalue weighted by atomic mass is 19.4. The smallest absolute Gasteiger partial charge is 0.460 e. The molecular formula is C22H23F18NO5. The van der Waals surface area contributed by atoms with Crippen molar-refractivity contribution >= 4 is 17.7 Å². The van der Waals surface area contributed by atoms with Crippen LogP contribution in [0.25, 0.3) is 0 Å². The molecule has 0 aliphatic rings. The highest BCUT2D eigenvalue weighted by molar-refractivity contribution is 6.01. The van der Waals surface area contributed by atoms with Gasteiger partial charge in [-0.25, -0.2) is 0 Å². The van der Waals surface area contributed by atoms with Crippen LogP contribution in [-0.4, -0.2) is 104 Å². The van der Waals surface area contributed by atoms with Crippen molar-refractivity contribution in [2.45, 2.75) is 80.0 Å². The summed E-state index contributed by atoms with van der Waals surface area (Å²) in [5.41, 5.74) is 0. The number of hydrogen-bond acceptors (Lipinski definition) is 6. The Labute approximate surface area is 246 Å². The lowest BCUT2D eigenvalue weighted by molar-refractivity contribution is -0.397. The molecule has 6 nitrogen and oxygen atoms in total. The van der Waals surface area contributed by atoms with E-state index in [0.717, 1.165) is 0 Å². The molecule has 0 aromatic heterocycles.